The molecular weight excluding hydrogens is 353 g/mol. The first-order valence-corrected chi connectivity index (χ1v) is 7.10. The Labute approximate surface area is 134 Å². The zero-order valence-corrected chi connectivity index (χ0v) is 13.1. The summed E-state index contributed by atoms with van der Waals surface area (Å²) in [6.07, 6.45) is 2.54. The van der Waals surface area contributed by atoms with Crippen LogP contribution in [-0.2, 0) is 0 Å². The van der Waals surface area contributed by atoms with Crippen molar-refractivity contribution < 1.29 is 14.1 Å². The third-order valence-electron chi connectivity index (χ3n) is 3.06. The highest BCUT2D eigenvalue weighted by atomic mass is 79.9. The van der Waals surface area contributed by atoms with Gasteiger partial charge in [-0.15, -0.1) is 0 Å². The molecule has 0 aromatic heterocycles. The van der Waals surface area contributed by atoms with Gasteiger partial charge in [0.2, 0.25) is 0 Å². The van der Waals surface area contributed by atoms with E-state index in [1.807, 2.05) is 0 Å². The summed E-state index contributed by atoms with van der Waals surface area (Å²) in [5, 5.41) is 10.9. The van der Waals surface area contributed by atoms with E-state index in [0.29, 0.717) is 10.0 Å². The number of nitro groups is 1. The minimum atomic E-state index is -0.538. The van der Waals surface area contributed by atoms with Crippen molar-refractivity contribution in [3.8, 4) is 0 Å². The van der Waals surface area contributed by atoms with Gasteiger partial charge in [0.15, 0.2) is 5.78 Å². The summed E-state index contributed by atoms with van der Waals surface area (Å²) in [7, 11) is 0. The fourth-order valence-electron chi connectivity index (χ4n) is 1.86. The first-order chi connectivity index (χ1) is 10.4. The number of halogens is 2. The molecule has 0 saturated heterocycles. The number of ketones is 1. The van der Waals surface area contributed by atoms with Crippen LogP contribution in [-0.4, -0.2) is 10.7 Å². The Kier molecular flexibility index (Phi) is 4.82. The molecule has 0 amide bonds. The predicted molar refractivity (Wildman–Crippen MR) is 85.3 cm³/mol. The van der Waals surface area contributed by atoms with Gasteiger partial charge in [-0.25, -0.2) is 4.39 Å². The molecule has 2 aromatic carbocycles. The molecule has 0 N–H and O–H groups in total. The first kappa shape index (κ1) is 16.0. The van der Waals surface area contributed by atoms with Crippen molar-refractivity contribution in [2.24, 2.45) is 0 Å². The standard InChI is InChI=1S/C16H11BrFNO3/c1-10-2-3-12(9-15(10)19(21)22)16(20)7-4-11-8-13(17)5-6-14(11)18/h2-9H,1H3/b7-4+. The third kappa shape index (κ3) is 3.65. The molecule has 22 heavy (non-hydrogen) atoms. The van der Waals surface area contributed by atoms with Gasteiger partial charge in [-0.05, 0) is 37.3 Å². The van der Waals surface area contributed by atoms with E-state index < -0.39 is 16.5 Å². The lowest BCUT2D eigenvalue weighted by molar-refractivity contribution is -0.385. The minimum Gasteiger partial charge on any atom is -0.289 e. The second-order valence-electron chi connectivity index (χ2n) is 4.62. The third-order valence-corrected chi connectivity index (χ3v) is 3.56. The number of hydrogen-bond donors (Lipinski definition) is 0. The van der Waals surface area contributed by atoms with Crippen molar-refractivity contribution in [1.82, 2.24) is 0 Å². The summed E-state index contributed by atoms with van der Waals surface area (Å²) in [5.41, 5.74) is 0.796. The molecule has 6 heteroatoms. The number of allylic oxidation sites excluding steroid dienone is 1. The van der Waals surface area contributed by atoms with E-state index in [-0.39, 0.29) is 16.8 Å². The number of carbonyl (C=O) groups is 1. The second-order valence-corrected chi connectivity index (χ2v) is 5.54. The monoisotopic (exact) mass is 363 g/mol. The van der Waals surface area contributed by atoms with E-state index in [1.165, 1.54) is 42.5 Å². The van der Waals surface area contributed by atoms with Gasteiger partial charge >= 0.3 is 0 Å². The molecule has 0 saturated carbocycles. The highest BCUT2D eigenvalue weighted by Crippen LogP contribution is 2.21. The minimum absolute atomic E-state index is 0.118. The Bertz CT molecular complexity index is 787. The van der Waals surface area contributed by atoms with Crippen molar-refractivity contribution >= 4 is 33.5 Å². The molecule has 0 fully saturated rings. The SMILES string of the molecule is Cc1ccc(C(=O)/C=C/c2cc(Br)ccc2F)cc1[N+](=O)[O-]. The summed E-state index contributed by atoms with van der Waals surface area (Å²) in [4.78, 5) is 22.4. The van der Waals surface area contributed by atoms with E-state index in [4.69, 9.17) is 0 Å². The fraction of sp³-hybridized carbons (Fsp3) is 0.0625. The molecule has 0 spiro atoms. The maximum Gasteiger partial charge on any atom is 0.273 e. The van der Waals surface area contributed by atoms with Crippen LogP contribution in [0.2, 0.25) is 0 Å². The average molecular weight is 364 g/mol. The van der Waals surface area contributed by atoms with Gasteiger partial charge in [-0.2, -0.15) is 0 Å². The van der Waals surface area contributed by atoms with Gasteiger partial charge < -0.3 is 0 Å². The zero-order chi connectivity index (χ0) is 16.3. The molecule has 112 valence electrons. The van der Waals surface area contributed by atoms with E-state index in [9.17, 15) is 19.3 Å². The van der Waals surface area contributed by atoms with E-state index in [0.717, 1.165) is 0 Å². The number of hydrogen-bond acceptors (Lipinski definition) is 3. The van der Waals surface area contributed by atoms with Gasteiger partial charge in [0.25, 0.3) is 5.69 Å². The van der Waals surface area contributed by atoms with Crippen LogP contribution >= 0.6 is 15.9 Å². The highest BCUT2D eigenvalue weighted by molar-refractivity contribution is 9.10. The van der Waals surface area contributed by atoms with Crippen LogP contribution in [0.15, 0.2) is 46.9 Å². The maximum absolute atomic E-state index is 13.6. The molecule has 0 aliphatic carbocycles. The smallest absolute Gasteiger partial charge is 0.273 e. The van der Waals surface area contributed by atoms with Crippen molar-refractivity contribution in [1.29, 1.82) is 0 Å². The summed E-state index contributed by atoms with van der Waals surface area (Å²) in [6, 6.07) is 8.62. The molecule has 0 radical (unpaired) electrons. The Morgan fingerprint density at radius 2 is 2.00 bits per heavy atom. The first-order valence-electron chi connectivity index (χ1n) is 6.31. The summed E-state index contributed by atoms with van der Waals surface area (Å²) in [5.74, 6) is -0.885. The topological polar surface area (TPSA) is 60.2 Å². The van der Waals surface area contributed by atoms with Crippen LogP contribution in [0.4, 0.5) is 10.1 Å². The predicted octanol–water partition coefficient (Wildman–Crippen LogP) is 4.70. The lowest BCUT2D eigenvalue weighted by Crippen LogP contribution is -1.98. The van der Waals surface area contributed by atoms with Gasteiger partial charge in [0.1, 0.15) is 5.82 Å². The van der Waals surface area contributed by atoms with Crippen molar-refractivity contribution in [2.45, 2.75) is 6.92 Å². The molecule has 0 aliphatic rings. The van der Waals surface area contributed by atoms with Crippen LogP contribution in [0.3, 0.4) is 0 Å². The molecule has 2 rings (SSSR count). The number of rotatable bonds is 4. The van der Waals surface area contributed by atoms with E-state index >= 15 is 0 Å². The van der Waals surface area contributed by atoms with Crippen LogP contribution in [0.1, 0.15) is 21.5 Å². The van der Waals surface area contributed by atoms with Crippen LogP contribution in [0.25, 0.3) is 6.08 Å². The Morgan fingerprint density at radius 3 is 2.68 bits per heavy atom. The lowest BCUT2D eigenvalue weighted by atomic mass is 10.1. The van der Waals surface area contributed by atoms with Gasteiger partial charge in [0, 0.05) is 27.2 Å². The molecule has 4 nitrogen and oxygen atoms in total. The molecule has 0 atom stereocenters. The summed E-state index contributed by atoms with van der Waals surface area (Å²) < 4.78 is 14.3. The maximum atomic E-state index is 13.6. The number of benzene rings is 2. The van der Waals surface area contributed by atoms with Gasteiger partial charge in [0.05, 0.1) is 4.92 Å². The molecule has 0 bridgehead atoms. The molecule has 2 aromatic rings. The zero-order valence-electron chi connectivity index (χ0n) is 11.5. The van der Waals surface area contributed by atoms with E-state index in [2.05, 4.69) is 15.9 Å². The molecule has 0 heterocycles. The Morgan fingerprint density at radius 1 is 1.27 bits per heavy atom. The number of aryl methyl sites for hydroxylation is 1. The van der Waals surface area contributed by atoms with Crippen molar-refractivity contribution in [3.63, 3.8) is 0 Å². The van der Waals surface area contributed by atoms with Crippen molar-refractivity contribution in [2.75, 3.05) is 0 Å². The molecular formula is C16H11BrFNO3. The Hall–Kier alpha value is -2.34. The number of carbonyl (C=O) groups excluding carboxylic acids is 1. The fourth-order valence-corrected chi connectivity index (χ4v) is 2.24. The second kappa shape index (κ2) is 6.62. The van der Waals surface area contributed by atoms with Crippen LogP contribution < -0.4 is 0 Å². The van der Waals surface area contributed by atoms with Crippen LogP contribution in [0.5, 0.6) is 0 Å². The summed E-state index contributed by atoms with van der Waals surface area (Å²) in [6.45, 7) is 1.60. The average Bonchev–Trinajstić information content (AvgIpc) is 2.48. The number of nitrogens with zero attached hydrogens (tertiary/aromatic N) is 1. The number of nitro benzene ring substituents is 1. The Balaban J connectivity index is 2.29. The van der Waals surface area contributed by atoms with Crippen LogP contribution in [0, 0.1) is 22.9 Å². The van der Waals surface area contributed by atoms with Crippen molar-refractivity contribution in [3.05, 3.63) is 79.6 Å². The summed E-state index contributed by atoms with van der Waals surface area (Å²) >= 11 is 3.22. The normalized spacial score (nSPS) is 10.9. The largest absolute Gasteiger partial charge is 0.289 e. The van der Waals surface area contributed by atoms with Gasteiger partial charge in [-0.1, -0.05) is 28.1 Å². The quantitative estimate of drug-likeness (QED) is 0.342. The van der Waals surface area contributed by atoms with E-state index in [1.54, 1.807) is 13.0 Å². The molecule has 0 aliphatic heterocycles. The lowest BCUT2D eigenvalue weighted by Gasteiger charge is -2.00. The molecule has 0 unspecified atom stereocenters. The van der Waals surface area contributed by atoms with Gasteiger partial charge in [-0.3, -0.25) is 14.9 Å². The highest BCUT2D eigenvalue weighted by Gasteiger charge is 2.13.